The van der Waals surface area contributed by atoms with Crippen molar-refractivity contribution in [3.8, 4) is 17.6 Å². The zero-order valence-electron chi connectivity index (χ0n) is 15.5. The van der Waals surface area contributed by atoms with Crippen molar-refractivity contribution in [3.63, 3.8) is 0 Å². The zero-order chi connectivity index (χ0) is 20.1. The molecular formula is C19H20N2O6. The first-order valence-corrected chi connectivity index (χ1v) is 8.15. The van der Waals surface area contributed by atoms with Crippen molar-refractivity contribution in [2.45, 2.75) is 26.7 Å². The molecule has 0 radical (unpaired) electrons. The van der Waals surface area contributed by atoms with Crippen LogP contribution in [0.4, 0.5) is 0 Å². The molecule has 1 heterocycles. The van der Waals surface area contributed by atoms with Crippen LogP contribution in [0.25, 0.3) is 0 Å². The predicted octanol–water partition coefficient (Wildman–Crippen LogP) is 2.27. The summed E-state index contributed by atoms with van der Waals surface area (Å²) in [5.41, 5.74) is 6.57. The fourth-order valence-electron chi connectivity index (χ4n) is 2.80. The summed E-state index contributed by atoms with van der Waals surface area (Å²) >= 11 is 0. The van der Waals surface area contributed by atoms with E-state index in [1.165, 1.54) is 20.1 Å². The van der Waals surface area contributed by atoms with Gasteiger partial charge in [-0.25, -0.2) is 4.79 Å². The van der Waals surface area contributed by atoms with Crippen molar-refractivity contribution >= 4 is 11.9 Å². The van der Waals surface area contributed by atoms with Crippen molar-refractivity contribution in [1.29, 1.82) is 5.26 Å². The van der Waals surface area contributed by atoms with Gasteiger partial charge < -0.3 is 24.7 Å². The van der Waals surface area contributed by atoms with E-state index in [1.807, 2.05) is 6.07 Å². The largest absolute Gasteiger partial charge is 0.493 e. The van der Waals surface area contributed by atoms with Crippen molar-refractivity contribution in [1.82, 2.24) is 0 Å². The van der Waals surface area contributed by atoms with Crippen molar-refractivity contribution in [2.24, 2.45) is 5.73 Å². The zero-order valence-corrected chi connectivity index (χ0v) is 15.5. The van der Waals surface area contributed by atoms with E-state index in [-0.39, 0.29) is 35.1 Å². The molecule has 1 aromatic carbocycles. The number of ether oxygens (including phenoxy) is 4. The van der Waals surface area contributed by atoms with Gasteiger partial charge in [-0.15, -0.1) is 0 Å². The Morgan fingerprint density at radius 2 is 2.04 bits per heavy atom. The number of benzene rings is 1. The molecule has 0 spiro atoms. The molecule has 2 rings (SSSR count). The van der Waals surface area contributed by atoms with Crippen molar-refractivity contribution in [3.05, 3.63) is 46.6 Å². The Kier molecular flexibility index (Phi) is 6.08. The first kappa shape index (κ1) is 19.8. The molecule has 27 heavy (non-hydrogen) atoms. The van der Waals surface area contributed by atoms with Crippen LogP contribution in [-0.4, -0.2) is 25.7 Å². The van der Waals surface area contributed by atoms with Gasteiger partial charge in [0.25, 0.3) is 0 Å². The predicted molar refractivity (Wildman–Crippen MR) is 94.3 cm³/mol. The molecule has 1 aromatic rings. The molecule has 0 aromatic heterocycles. The number of hydrogen-bond acceptors (Lipinski definition) is 8. The number of allylic oxidation sites excluding steroid dienone is 2. The summed E-state index contributed by atoms with van der Waals surface area (Å²) in [4.78, 5) is 23.9. The third-order valence-electron chi connectivity index (χ3n) is 3.88. The highest BCUT2D eigenvalue weighted by atomic mass is 16.6. The highest BCUT2D eigenvalue weighted by molar-refractivity contribution is 5.92. The molecule has 0 saturated heterocycles. The average Bonchev–Trinajstić information content (AvgIpc) is 2.60. The fraction of sp³-hybridized carbons (Fsp3) is 0.316. The number of rotatable bonds is 5. The van der Waals surface area contributed by atoms with Crippen LogP contribution in [0, 0.1) is 11.3 Å². The van der Waals surface area contributed by atoms with Crippen molar-refractivity contribution in [2.75, 3.05) is 13.7 Å². The lowest BCUT2D eigenvalue weighted by Crippen LogP contribution is -2.25. The second-order valence-electron chi connectivity index (χ2n) is 5.62. The second-order valence-corrected chi connectivity index (χ2v) is 5.62. The third kappa shape index (κ3) is 4.03. The van der Waals surface area contributed by atoms with Crippen LogP contribution < -0.4 is 15.2 Å². The highest BCUT2D eigenvalue weighted by Crippen LogP contribution is 2.42. The van der Waals surface area contributed by atoms with E-state index in [0.717, 1.165) is 0 Å². The Morgan fingerprint density at radius 1 is 1.33 bits per heavy atom. The van der Waals surface area contributed by atoms with E-state index >= 15 is 0 Å². The number of carbonyl (C=O) groups excluding carboxylic acids is 2. The van der Waals surface area contributed by atoms with E-state index in [4.69, 9.17) is 24.7 Å². The van der Waals surface area contributed by atoms with Crippen LogP contribution in [-0.2, 0) is 19.1 Å². The minimum absolute atomic E-state index is 0.0580. The monoisotopic (exact) mass is 372 g/mol. The maximum absolute atomic E-state index is 12.5. The lowest BCUT2D eigenvalue weighted by atomic mass is 9.83. The van der Waals surface area contributed by atoms with Gasteiger partial charge in [0.1, 0.15) is 17.4 Å². The number of hydrogen-bond donors (Lipinski definition) is 1. The van der Waals surface area contributed by atoms with Gasteiger partial charge in [0.15, 0.2) is 11.5 Å². The number of nitrogens with two attached hydrogens (primary N) is 1. The molecule has 1 aliphatic rings. The Labute approximate surface area is 156 Å². The number of nitrogens with zero attached hydrogens (tertiary/aromatic N) is 1. The lowest BCUT2D eigenvalue weighted by molar-refractivity contribution is -0.139. The maximum atomic E-state index is 12.5. The average molecular weight is 372 g/mol. The molecule has 0 saturated carbocycles. The quantitative estimate of drug-likeness (QED) is 0.617. The van der Waals surface area contributed by atoms with Crippen LogP contribution in [0.3, 0.4) is 0 Å². The Bertz CT molecular complexity index is 879. The summed E-state index contributed by atoms with van der Waals surface area (Å²) in [6, 6.07) is 6.74. The van der Waals surface area contributed by atoms with Gasteiger partial charge in [0, 0.05) is 6.92 Å². The van der Waals surface area contributed by atoms with Gasteiger partial charge in [-0.1, -0.05) is 6.07 Å². The van der Waals surface area contributed by atoms with Crippen LogP contribution in [0.15, 0.2) is 41.0 Å². The van der Waals surface area contributed by atoms with E-state index in [0.29, 0.717) is 11.3 Å². The van der Waals surface area contributed by atoms with E-state index in [9.17, 15) is 14.9 Å². The third-order valence-corrected chi connectivity index (χ3v) is 3.88. The van der Waals surface area contributed by atoms with E-state index in [1.54, 1.807) is 26.0 Å². The standard InChI is InChI=1S/C19H20N2O6/c1-5-25-19(23)16-10(2)26-18(21)13(9-20)17(16)12-6-7-14(24-4)15(8-12)27-11(3)22/h6-8,17H,5,21H2,1-4H3. The topological polar surface area (TPSA) is 121 Å². The minimum Gasteiger partial charge on any atom is -0.493 e. The van der Waals surface area contributed by atoms with E-state index in [2.05, 4.69) is 0 Å². The maximum Gasteiger partial charge on any atom is 0.338 e. The molecule has 1 unspecified atom stereocenters. The van der Waals surface area contributed by atoms with Gasteiger partial charge in [0.05, 0.1) is 25.2 Å². The fourth-order valence-corrected chi connectivity index (χ4v) is 2.80. The van der Waals surface area contributed by atoms with Crippen LogP contribution in [0.5, 0.6) is 11.5 Å². The molecule has 2 N–H and O–H groups in total. The number of nitriles is 1. The number of esters is 2. The summed E-state index contributed by atoms with van der Waals surface area (Å²) in [5.74, 6) is -1.36. The second kappa shape index (κ2) is 8.27. The van der Waals surface area contributed by atoms with Crippen LogP contribution in [0.1, 0.15) is 32.3 Å². The molecule has 8 nitrogen and oxygen atoms in total. The molecule has 8 heteroatoms. The Hall–Kier alpha value is -3.47. The minimum atomic E-state index is -0.831. The molecule has 1 atom stereocenters. The van der Waals surface area contributed by atoms with Crippen LogP contribution in [0.2, 0.25) is 0 Å². The SMILES string of the molecule is CCOC(=O)C1=C(C)OC(N)=C(C#N)C1c1ccc(OC)c(OC(C)=O)c1. The normalized spacial score (nSPS) is 16.3. The molecule has 142 valence electrons. The molecule has 1 aliphatic heterocycles. The summed E-state index contributed by atoms with van der Waals surface area (Å²) in [7, 11) is 1.43. The lowest BCUT2D eigenvalue weighted by Gasteiger charge is -2.27. The molecule has 0 amide bonds. The number of methoxy groups -OCH3 is 1. The van der Waals surface area contributed by atoms with Gasteiger partial charge in [-0.3, -0.25) is 4.79 Å². The molecule has 0 aliphatic carbocycles. The summed E-state index contributed by atoms with van der Waals surface area (Å²) in [5, 5.41) is 9.57. The summed E-state index contributed by atoms with van der Waals surface area (Å²) in [6.07, 6.45) is 0. The molecular weight excluding hydrogens is 352 g/mol. The van der Waals surface area contributed by atoms with Gasteiger partial charge >= 0.3 is 11.9 Å². The van der Waals surface area contributed by atoms with Gasteiger partial charge in [0.2, 0.25) is 5.88 Å². The van der Waals surface area contributed by atoms with Gasteiger partial charge in [-0.05, 0) is 31.5 Å². The first-order chi connectivity index (χ1) is 12.8. The van der Waals surface area contributed by atoms with E-state index < -0.39 is 17.9 Å². The summed E-state index contributed by atoms with van der Waals surface area (Å²) < 4.78 is 20.8. The first-order valence-electron chi connectivity index (χ1n) is 8.15. The Morgan fingerprint density at radius 3 is 2.59 bits per heavy atom. The molecule has 0 bridgehead atoms. The number of carbonyl (C=O) groups is 2. The van der Waals surface area contributed by atoms with Gasteiger partial charge in [-0.2, -0.15) is 5.26 Å². The highest BCUT2D eigenvalue weighted by Gasteiger charge is 2.36. The van der Waals surface area contributed by atoms with Crippen LogP contribution >= 0.6 is 0 Å². The molecule has 0 fully saturated rings. The smallest absolute Gasteiger partial charge is 0.338 e. The van der Waals surface area contributed by atoms with Crippen molar-refractivity contribution < 1.29 is 28.5 Å². The summed E-state index contributed by atoms with van der Waals surface area (Å²) in [6.45, 7) is 4.66. The Balaban J connectivity index is 2.65.